The number of halogens is 7. The van der Waals surface area contributed by atoms with Gasteiger partial charge >= 0.3 is 12.4 Å². The van der Waals surface area contributed by atoms with Gasteiger partial charge in [0, 0.05) is 17.1 Å². The van der Waals surface area contributed by atoms with Crippen LogP contribution in [-0.2, 0) is 23.7 Å². The third-order valence-electron chi connectivity index (χ3n) is 4.19. The molecule has 3 rings (SSSR count). The van der Waals surface area contributed by atoms with Crippen LogP contribution in [-0.4, -0.2) is 21.7 Å². The summed E-state index contributed by atoms with van der Waals surface area (Å²) in [6.45, 7) is 0. The van der Waals surface area contributed by atoms with Gasteiger partial charge in [-0.3, -0.25) is 4.68 Å². The largest absolute Gasteiger partial charge is 0.437 e. The van der Waals surface area contributed by atoms with E-state index in [0.717, 1.165) is 7.05 Å². The Morgan fingerprint density at radius 1 is 1.21 bits per heavy atom. The first kappa shape index (κ1) is 20.2. The first-order chi connectivity index (χ1) is 12.9. The molecule has 1 aliphatic heterocycles. The van der Waals surface area contributed by atoms with E-state index in [4.69, 9.17) is 10.1 Å². The van der Waals surface area contributed by atoms with Crippen molar-refractivity contribution in [3.8, 4) is 6.07 Å². The van der Waals surface area contributed by atoms with Gasteiger partial charge in [0.15, 0.2) is 5.69 Å². The van der Waals surface area contributed by atoms with Crippen molar-refractivity contribution in [3.63, 3.8) is 0 Å². The molecule has 28 heavy (non-hydrogen) atoms. The van der Waals surface area contributed by atoms with Crippen molar-refractivity contribution in [3.05, 3.63) is 51.3 Å². The maximum absolute atomic E-state index is 13.9. The molecule has 5 nitrogen and oxygen atoms in total. The molecule has 1 aromatic carbocycles. The maximum atomic E-state index is 13.9. The molecule has 0 bridgehead atoms. The summed E-state index contributed by atoms with van der Waals surface area (Å²) in [6, 6.07) is 6.35. The highest BCUT2D eigenvalue weighted by Crippen LogP contribution is 2.49. The average molecular weight is 467 g/mol. The zero-order valence-electron chi connectivity index (χ0n) is 13.9. The lowest BCUT2D eigenvalue weighted by atomic mass is 9.89. The summed E-state index contributed by atoms with van der Waals surface area (Å²) in [5.74, 6) is 0. The van der Waals surface area contributed by atoms with Crippen molar-refractivity contribution < 1.29 is 31.2 Å². The number of aromatic nitrogens is 2. The van der Waals surface area contributed by atoms with E-state index >= 15 is 0 Å². The fourth-order valence-electron chi connectivity index (χ4n) is 2.80. The number of alkyl halides is 6. The quantitative estimate of drug-likeness (QED) is 0.605. The highest BCUT2D eigenvalue weighted by molar-refractivity contribution is 9.10. The molecule has 0 saturated carbocycles. The van der Waals surface area contributed by atoms with Gasteiger partial charge in [-0.25, -0.2) is 0 Å². The third-order valence-corrected chi connectivity index (χ3v) is 4.88. The molecule has 2 aromatic rings. The molecular formula is C16H9BrF6N4O. The minimum absolute atomic E-state index is 0.156. The number of nitrogens with zero attached hydrogens (tertiary/aromatic N) is 4. The summed E-state index contributed by atoms with van der Waals surface area (Å²) in [7, 11) is 0.965. The number of hydrogen-bond donors (Lipinski definition) is 0. The van der Waals surface area contributed by atoms with E-state index in [-0.39, 0.29) is 16.8 Å². The van der Waals surface area contributed by atoms with Crippen molar-refractivity contribution in [2.75, 3.05) is 0 Å². The van der Waals surface area contributed by atoms with Gasteiger partial charge < -0.3 is 4.84 Å². The number of oxime groups is 1. The Kier molecular flexibility index (Phi) is 4.69. The second-order valence-electron chi connectivity index (χ2n) is 5.97. The lowest BCUT2D eigenvalue weighted by Crippen LogP contribution is -2.44. The molecule has 2 heterocycles. The first-order valence-corrected chi connectivity index (χ1v) is 8.32. The van der Waals surface area contributed by atoms with Crippen LogP contribution in [0.2, 0.25) is 0 Å². The van der Waals surface area contributed by atoms with Crippen LogP contribution < -0.4 is 0 Å². The second kappa shape index (κ2) is 6.51. The Morgan fingerprint density at radius 2 is 1.89 bits per heavy atom. The summed E-state index contributed by atoms with van der Waals surface area (Å²) in [5.41, 5.74) is -5.25. The zero-order valence-corrected chi connectivity index (χ0v) is 15.4. The van der Waals surface area contributed by atoms with Crippen LogP contribution in [0.4, 0.5) is 26.3 Å². The van der Waals surface area contributed by atoms with Crippen LogP contribution in [0.1, 0.15) is 28.9 Å². The van der Waals surface area contributed by atoms with Gasteiger partial charge in [-0.2, -0.15) is 36.7 Å². The Morgan fingerprint density at radius 3 is 2.43 bits per heavy atom. The average Bonchev–Trinajstić information content (AvgIpc) is 3.19. The number of nitriles is 1. The monoisotopic (exact) mass is 466 g/mol. The van der Waals surface area contributed by atoms with E-state index < -0.39 is 35.8 Å². The summed E-state index contributed by atoms with van der Waals surface area (Å²) in [4.78, 5) is 4.71. The fraction of sp³-hybridized carbons (Fsp3) is 0.312. The van der Waals surface area contributed by atoms with E-state index in [9.17, 15) is 26.3 Å². The van der Waals surface area contributed by atoms with Gasteiger partial charge in [0.2, 0.25) is 0 Å². The van der Waals surface area contributed by atoms with Crippen molar-refractivity contribution in [2.45, 2.75) is 24.4 Å². The van der Waals surface area contributed by atoms with E-state index in [2.05, 4.69) is 26.2 Å². The van der Waals surface area contributed by atoms with Gasteiger partial charge in [0.05, 0.1) is 23.4 Å². The molecular weight excluding hydrogens is 458 g/mol. The van der Waals surface area contributed by atoms with Crippen molar-refractivity contribution in [1.82, 2.24) is 9.78 Å². The van der Waals surface area contributed by atoms with Crippen LogP contribution in [0.3, 0.4) is 0 Å². The van der Waals surface area contributed by atoms with Crippen LogP contribution in [0.5, 0.6) is 0 Å². The topological polar surface area (TPSA) is 63.2 Å². The number of aryl methyl sites for hydroxylation is 1. The summed E-state index contributed by atoms with van der Waals surface area (Å²) < 4.78 is 81.3. The second-order valence-corrected chi connectivity index (χ2v) is 6.83. The molecule has 1 atom stereocenters. The minimum Gasteiger partial charge on any atom is -0.372 e. The van der Waals surface area contributed by atoms with Gasteiger partial charge in [0.25, 0.3) is 5.60 Å². The lowest BCUT2D eigenvalue weighted by molar-refractivity contribution is -0.278. The summed E-state index contributed by atoms with van der Waals surface area (Å²) >= 11 is 3.13. The Labute approximate surface area is 162 Å². The molecule has 0 saturated heterocycles. The molecule has 148 valence electrons. The van der Waals surface area contributed by atoms with Crippen molar-refractivity contribution in [1.29, 1.82) is 5.26 Å². The Balaban J connectivity index is 2.06. The van der Waals surface area contributed by atoms with Gasteiger partial charge in [-0.05, 0) is 34.1 Å². The van der Waals surface area contributed by atoms with Gasteiger partial charge in [-0.1, -0.05) is 11.2 Å². The molecule has 0 aliphatic carbocycles. The lowest BCUT2D eigenvalue weighted by Gasteiger charge is -2.28. The fourth-order valence-corrected chi connectivity index (χ4v) is 3.13. The third kappa shape index (κ3) is 3.23. The molecule has 0 amide bonds. The summed E-state index contributed by atoms with van der Waals surface area (Å²) in [6.07, 6.45) is -10.9. The molecule has 0 radical (unpaired) electrons. The predicted octanol–water partition coefficient (Wildman–Crippen LogP) is 4.66. The van der Waals surface area contributed by atoms with Crippen LogP contribution in [0.15, 0.2) is 33.9 Å². The van der Waals surface area contributed by atoms with Crippen LogP contribution in [0.25, 0.3) is 0 Å². The molecule has 1 unspecified atom stereocenters. The molecule has 1 aromatic heterocycles. The van der Waals surface area contributed by atoms with Crippen molar-refractivity contribution >= 4 is 21.6 Å². The molecule has 0 N–H and O–H groups in total. The highest BCUT2D eigenvalue weighted by atomic mass is 79.9. The standard InChI is InChI=1S/C16H9BrF6N4O/c1-27-13(5-12(25-27)15(18,19)20)14(16(21,22)23)6-11(26-28-14)8-2-3-10(17)9(4-8)7-24/h2-5H,6H2,1H3. The smallest absolute Gasteiger partial charge is 0.372 e. The SMILES string of the molecule is Cn1nc(C(F)(F)F)cc1C1(C(F)(F)F)CC(c2ccc(Br)c(C#N)c2)=NO1. The molecule has 0 fully saturated rings. The number of rotatable bonds is 2. The first-order valence-electron chi connectivity index (χ1n) is 7.52. The van der Waals surface area contributed by atoms with E-state index in [1.165, 1.54) is 18.2 Å². The van der Waals surface area contributed by atoms with Gasteiger partial charge in [0.1, 0.15) is 6.07 Å². The normalized spacial score (nSPS) is 19.9. The maximum Gasteiger partial charge on any atom is 0.437 e. The van der Waals surface area contributed by atoms with Gasteiger partial charge in [-0.15, -0.1) is 0 Å². The Hall–Kier alpha value is -2.55. The van der Waals surface area contributed by atoms with E-state index in [1.807, 2.05) is 6.07 Å². The molecule has 1 aliphatic rings. The van der Waals surface area contributed by atoms with Crippen molar-refractivity contribution in [2.24, 2.45) is 12.2 Å². The van der Waals surface area contributed by atoms with E-state index in [1.54, 1.807) is 0 Å². The van der Waals surface area contributed by atoms with Crippen LogP contribution >= 0.6 is 15.9 Å². The Bertz CT molecular complexity index is 1000. The summed E-state index contributed by atoms with van der Waals surface area (Å²) in [5, 5.41) is 15.7. The molecule has 12 heteroatoms. The predicted molar refractivity (Wildman–Crippen MR) is 87.0 cm³/mol. The minimum atomic E-state index is -5.08. The number of benzene rings is 1. The zero-order chi connectivity index (χ0) is 20.9. The van der Waals surface area contributed by atoms with Crippen LogP contribution in [0, 0.1) is 11.3 Å². The highest BCUT2D eigenvalue weighted by Gasteiger charge is 2.64. The molecule has 0 spiro atoms. The number of hydrogen-bond acceptors (Lipinski definition) is 4. The van der Waals surface area contributed by atoms with E-state index in [0.29, 0.717) is 15.2 Å².